The first-order valence-electron chi connectivity index (χ1n) is 3.86. The Hall–Kier alpha value is -0.780. The van der Waals surface area contributed by atoms with Crippen molar-refractivity contribution in [3.05, 3.63) is 0 Å². The van der Waals surface area contributed by atoms with Crippen molar-refractivity contribution in [1.29, 1.82) is 0 Å². The zero-order valence-corrected chi connectivity index (χ0v) is 6.97. The fourth-order valence-corrected chi connectivity index (χ4v) is 0.930. The van der Waals surface area contributed by atoms with Crippen LogP contribution in [0.1, 0.15) is 19.3 Å². The molecular weight excluding hydrogens is 187 g/mol. The molecule has 3 nitrogen and oxygen atoms in total. The summed E-state index contributed by atoms with van der Waals surface area (Å²) in [6, 6.07) is 0. The van der Waals surface area contributed by atoms with E-state index in [2.05, 4.69) is 0 Å². The molecule has 0 rings (SSSR count). The lowest BCUT2D eigenvalue weighted by molar-refractivity contribution is -0.149. The molecule has 0 saturated heterocycles. The Balaban J connectivity index is 3.90. The standard InChI is InChI=1S/C7H12F3NO2/c8-7(9,10)3-1-5(2-4-11)6(12)13/h5H,1-4,11H2,(H,12,13). The summed E-state index contributed by atoms with van der Waals surface area (Å²) in [6.45, 7) is 0.0921. The van der Waals surface area contributed by atoms with E-state index in [1.807, 2.05) is 0 Å². The molecule has 0 fully saturated rings. The van der Waals surface area contributed by atoms with Crippen molar-refractivity contribution in [2.75, 3.05) is 6.54 Å². The molecule has 0 radical (unpaired) electrons. The molecule has 0 bridgehead atoms. The SMILES string of the molecule is NCCC(CCC(F)(F)F)C(=O)O. The lowest BCUT2D eigenvalue weighted by atomic mass is 10.00. The van der Waals surface area contributed by atoms with Crippen LogP contribution >= 0.6 is 0 Å². The highest BCUT2D eigenvalue weighted by Crippen LogP contribution is 2.25. The fraction of sp³-hybridized carbons (Fsp3) is 0.857. The highest BCUT2D eigenvalue weighted by atomic mass is 19.4. The van der Waals surface area contributed by atoms with Crippen molar-refractivity contribution in [3.63, 3.8) is 0 Å². The van der Waals surface area contributed by atoms with Crippen LogP contribution in [-0.2, 0) is 4.79 Å². The molecule has 6 heteroatoms. The highest BCUT2D eigenvalue weighted by Gasteiger charge is 2.29. The highest BCUT2D eigenvalue weighted by molar-refractivity contribution is 5.69. The van der Waals surface area contributed by atoms with Gasteiger partial charge in [-0.15, -0.1) is 0 Å². The topological polar surface area (TPSA) is 63.3 Å². The second-order valence-corrected chi connectivity index (χ2v) is 2.77. The number of alkyl halides is 3. The van der Waals surface area contributed by atoms with Gasteiger partial charge < -0.3 is 10.8 Å². The average molecular weight is 199 g/mol. The quantitative estimate of drug-likeness (QED) is 0.703. The van der Waals surface area contributed by atoms with Crippen LogP contribution < -0.4 is 5.73 Å². The number of nitrogens with two attached hydrogens (primary N) is 1. The van der Waals surface area contributed by atoms with E-state index < -0.39 is 30.9 Å². The molecule has 0 aromatic carbocycles. The van der Waals surface area contributed by atoms with Gasteiger partial charge in [-0.2, -0.15) is 13.2 Å². The van der Waals surface area contributed by atoms with Gasteiger partial charge in [-0.05, 0) is 19.4 Å². The lowest BCUT2D eigenvalue weighted by Crippen LogP contribution is -2.20. The zero-order valence-electron chi connectivity index (χ0n) is 6.97. The van der Waals surface area contributed by atoms with Crippen LogP contribution in [0.3, 0.4) is 0 Å². The maximum absolute atomic E-state index is 11.7. The molecule has 0 aliphatic rings. The van der Waals surface area contributed by atoms with Crippen LogP contribution in [0.2, 0.25) is 0 Å². The van der Waals surface area contributed by atoms with Gasteiger partial charge in [0.25, 0.3) is 0 Å². The molecule has 0 saturated carbocycles. The van der Waals surface area contributed by atoms with E-state index in [0.717, 1.165) is 0 Å². The third-order valence-electron chi connectivity index (χ3n) is 1.64. The van der Waals surface area contributed by atoms with E-state index in [1.54, 1.807) is 0 Å². The number of carbonyl (C=O) groups is 1. The van der Waals surface area contributed by atoms with E-state index in [0.29, 0.717) is 0 Å². The van der Waals surface area contributed by atoms with Crippen LogP contribution in [0, 0.1) is 5.92 Å². The van der Waals surface area contributed by atoms with E-state index in [9.17, 15) is 18.0 Å². The second kappa shape index (κ2) is 5.06. The first-order valence-corrected chi connectivity index (χ1v) is 3.86. The second-order valence-electron chi connectivity index (χ2n) is 2.77. The third-order valence-corrected chi connectivity index (χ3v) is 1.64. The van der Waals surface area contributed by atoms with E-state index in [1.165, 1.54) is 0 Å². The van der Waals surface area contributed by atoms with Crippen LogP contribution in [0.5, 0.6) is 0 Å². The fourth-order valence-electron chi connectivity index (χ4n) is 0.930. The molecule has 1 unspecified atom stereocenters. The maximum atomic E-state index is 11.7. The van der Waals surface area contributed by atoms with Gasteiger partial charge in [0.1, 0.15) is 0 Å². The Labute approximate surface area is 73.7 Å². The molecule has 0 aromatic rings. The monoisotopic (exact) mass is 199 g/mol. The Morgan fingerprint density at radius 3 is 2.23 bits per heavy atom. The minimum atomic E-state index is -4.29. The molecule has 1 atom stereocenters. The lowest BCUT2D eigenvalue weighted by Gasteiger charge is -2.12. The predicted molar refractivity (Wildman–Crippen MR) is 40.1 cm³/mol. The van der Waals surface area contributed by atoms with Gasteiger partial charge in [-0.1, -0.05) is 0 Å². The normalized spacial score (nSPS) is 14.2. The summed E-state index contributed by atoms with van der Waals surface area (Å²) in [5.41, 5.74) is 5.06. The van der Waals surface area contributed by atoms with Gasteiger partial charge in [0, 0.05) is 6.42 Å². The van der Waals surface area contributed by atoms with E-state index in [4.69, 9.17) is 10.8 Å². The van der Waals surface area contributed by atoms with Gasteiger partial charge in [0.05, 0.1) is 5.92 Å². The summed E-state index contributed by atoms with van der Waals surface area (Å²) in [6.07, 6.45) is -5.66. The Bertz CT molecular complexity index is 170. The molecular formula is C7H12F3NO2. The van der Waals surface area contributed by atoms with E-state index >= 15 is 0 Å². The molecule has 78 valence electrons. The number of hydrogen-bond donors (Lipinski definition) is 2. The van der Waals surface area contributed by atoms with Crippen molar-refractivity contribution >= 4 is 5.97 Å². The molecule has 0 amide bonds. The van der Waals surface area contributed by atoms with Gasteiger partial charge >= 0.3 is 12.1 Å². The summed E-state index contributed by atoms with van der Waals surface area (Å²) in [5.74, 6) is -2.19. The summed E-state index contributed by atoms with van der Waals surface area (Å²) in [7, 11) is 0. The number of rotatable bonds is 5. The number of carboxylic acids is 1. The average Bonchev–Trinajstić information content (AvgIpc) is 1.95. The molecule has 0 spiro atoms. The van der Waals surface area contributed by atoms with Crippen LogP contribution in [0.4, 0.5) is 13.2 Å². The first kappa shape index (κ1) is 12.2. The Kier molecular flexibility index (Phi) is 4.76. The number of halogens is 3. The molecule has 3 N–H and O–H groups in total. The molecule has 0 heterocycles. The number of aliphatic carboxylic acids is 1. The summed E-state index contributed by atoms with van der Waals surface area (Å²) in [4.78, 5) is 10.4. The molecule has 0 aliphatic heterocycles. The maximum Gasteiger partial charge on any atom is 0.389 e. The Morgan fingerprint density at radius 1 is 1.38 bits per heavy atom. The van der Waals surface area contributed by atoms with Crippen molar-refractivity contribution < 1.29 is 23.1 Å². The predicted octanol–water partition coefficient (Wildman–Crippen LogP) is 1.38. The smallest absolute Gasteiger partial charge is 0.389 e. The number of carboxylic acid groups (broad SMARTS) is 1. The van der Waals surface area contributed by atoms with Gasteiger partial charge in [0.2, 0.25) is 0 Å². The van der Waals surface area contributed by atoms with Crippen molar-refractivity contribution in [1.82, 2.24) is 0 Å². The van der Waals surface area contributed by atoms with Crippen LogP contribution in [0.25, 0.3) is 0 Å². The van der Waals surface area contributed by atoms with Crippen molar-refractivity contribution in [3.8, 4) is 0 Å². The van der Waals surface area contributed by atoms with Gasteiger partial charge in [-0.3, -0.25) is 4.79 Å². The molecule has 0 aliphatic carbocycles. The summed E-state index contributed by atoms with van der Waals surface area (Å²) >= 11 is 0. The minimum Gasteiger partial charge on any atom is -0.481 e. The molecule has 0 aromatic heterocycles. The minimum absolute atomic E-state index is 0.0887. The van der Waals surface area contributed by atoms with Crippen LogP contribution in [-0.4, -0.2) is 23.8 Å². The number of hydrogen-bond acceptors (Lipinski definition) is 2. The zero-order chi connectivity index (χ0) is 10.5. The van der Waals surface area contributed by atoms with Gasteiger partial charge in [-0.25, -0.2) is 0 Å². The summed E-state index contributed by atoms with van der Waals surface area (Å²) in [5, 5.41) is 8.48. The summed E-state index contributed by atoms with van der Waals surface area (Å²) < 4.78 is 35.1. The first-order chi connectivity index (χ1) is 5.87. The third kappa shape index (κ3) is 6.39. The van der Waals surface area contributed by atoms with E-state index in [-0.39, 0.29) is 13.0 Å². The largest absolute Gasteiger partial charge is 0.481 e. The van der Waals surface area contributed by atoms with Crippen molar-refractivity contribution in [2.24, 2.45) is 11.7 Å². The van der Waals surface area contributed by atoms with Gasteiger partial charge in [0.15, 0.2) is 0 Å². The van der Waals surface area contributed by atoms with Crippen molar-refractivity contribution in [2.45, 2.75) is 25.4 Å². The molecule has 13 heavy (non-hydrogen) atoms. The van der Waals surface area contributed by atoms with Crippen LogP contribution in [0.15, 0.2) is 0 Å². The Morgan fingerprint density at radius 2 is 1.92 bits per heavy atom.